The molecule has 0 saturated carbocycles. The van der Waals surface area contributed by atoms with Gasteiger partial charge in [-0.1, -0.05) is 18.2 Å². The highest BCUT2D eigenvalue weighted by Gasteiger charge is 2.14. The Balaban J connectivity index is 2.39. The Kier molecular flexibility index (Phi) is 2.80. The van der Waals surface area contributed by atoms with E-state index in [0.29, 0.717) is 0 Å². The molecular weight excluding hydrogens is 210 g/mol. The number of hydrogen-bond acceptors (Lipinski definition) is 3. The summed E-state index contributed by atoms with van der Waals surface area (Å²) in [6.07, 6.45) is 2.22. The fourth-order valence-electron chi connectivity index (χ4n) is 2.03. The first kappa shape index (κ1) is 10.6. The third-order valence-corrected chi connectivity index (χ3v) is 3.49. The van der Waals surface area contributed by atoms with Crippen LogP contribution in [0, 0.1) is 0 Å². The van der Waals surface area contributed by atoms with Crippen molar-refractivity contribution in [3.63, 3.8) is 0 Å². The largest absolute Gasteiger partial charge is 0.312 e. The summed E-state index contributed by atoms with van der Waals surface area (Å²) in [5.74, 6) is 0.163. The number of nitrogens with one attached hydrogen (secondary N) is 1. The molecule has 82 valence electrons. The molecular formula is C11H15NO2S. The molecule has 0 bridgehead atoms. The van der Waals surface area contributed by atoms with Crippen molar-refractivity contribution >= 4 is 9.84 Å². The second-order valence-corrected chi connectivity index (χ2v) is 6.19. The van der Waals surface area contributed by atoms with Crippen LogP contribution in [0.15, 0.2) is 18.2 Å². The Morgan fingerprint density at radius 2 is 2.20 bits per heavy atom. The zero-order valence-electron chi connectivity index (χ0n) is 8.79. The lowest BCUT2D eigenvalue weighted by atomic mass is 9.96. The summed E-state index contributed by atoms with van der Waals surface area (Å²) >= 11 is 0. The molecule has 0 saturated heterocycles. The summed E-state index contributed by atoms with van der Waals surface area (Å²) in [6.45, 7) is 1.79. The lowest BCUT2D eigenvalue weighted by molar-refractivity contribution is 0.599. The van der Waals surface area contributed by atoms with E-state index in [9.17, 15) is 8.42 Å². The van der Waals surface area contributed by atoms with Crippen LogP contribution in [0.25, 0.3) is 0 Å². The smallest absolute Gasteiger partial charge is 0.151 e. The Hall–Kier alpha value is -0.870. The molecule has 0 aliphatic carbocycles. The first-order chi connectivity index (χ1) is 7.06. The predicted molar refractivity (Wildman–Crippen MR) is 60.4 cm³/mol. The SMILES string of the molecule is CS(=O)(=O)Cc1cccc2c1CCNC2. The third kappa shape index (κ3) is 2.58. The second-order valence-electron chi connectivity index (χ2n) is 4.05. The molecule has 2 rings (SSSR count). The van der Waals surface area contributed by atoms with E-state index in [-0.39, 0.29) is 5.75 Å². The molecule has 0 amide bonds. The minimum atomic E-state index is -2.93. The van der Waals surface area contributed by atoms with Crippen molar-refractivity contribution in [1.29, 1.82) is 0 Å². The van der Waals surface area contributed by atoms with Gasteiger partial charge in [-0.25, -0.2) is 8.42 Å². The summed E-state index contributed by atoms with van der Waals surface area (Å²) in [6, 6.07) is 5.92. The van der Waals surface area contributed by atoms with Gasteiger partial charge in [0.15, 0.2) is 9.84 Å². The summed E-state index contributed by atoms with van der Waals surface area (Å²) in [4.78, 5) is 0. The number of sulfone groups is 1. The van der Waals surface area contributed by atoms with Crippen molar-refractivity contribution in [1.82, 2.24) is 5.32 Å². The normalized spacial score (nSPS) is 16.1. The van der Waals surface area contributed by atoms with Gasteiger partial charge >= 0.3 is 0 Å². The molecule has 0 radical (unpaired) electrons. The monoisotopic (exact) mass is 225 g/mol. The maximum atomic E-state index is 11.3. The minimum Gasteiger partial charge on any atom is -0.312 e. The first-order valence-corrected chi connectivity index (χ1v) is 7.10. The van der Waals surface area contributed by atoms with Gasteiger partial charge in [0, 0.05) is 12.8 Å². The van der Waals surface area contributed by atoms with E-state index < -0.39 is 9.84 Å². The highest BCUT2D eigenvalue weighted by Crippen LogP contribution is 2.20. The van der Waals surface area contributed by atoms with Crippen LogP contribution in [-0.4, -0.2) is 21.2 Å². The standard InChI is InChI=1S/C11H15NO2S/c1-15(13,14)8-10-4-2-3-9-7-12-6-5-11(9)10/h2-4,12H,5-8H2,1H3. The van der Waals surface area contributed by atoms with Crippen LogP contribution < -0.4 is 5.32 Å². The molecule has 1 aliphatic heterocycles. The average Bonchev–Trinajstić information content (AvgIpc) is 2.16. The van der Waals surface area contributed by atoms with Crippen LogP contribution in [0.3, 0.4) is 0 Å². The van der Waals surface area contributed by atoms with Gasteiger partial charge < -0.3 is 5.32 Å². The Morgan fingerprint density at radius 1 is 1.40 bits per heavy atom. The molecule has 1 aliphatic rings. The Morgan fingerprint density at radius 3 is 2.93 bits per heavy atom. The zero-order chi connectivity index (χ0) is 10.9. The topological polar surface area (TPSA) is 46.2 Å². The van der Waals surface area contributed by atoms with Crippen LogP contribution >= 0.6 is 0 Å². The predicted octanol–water partition coefficient (Wildman–Crippen LogP) is 0.877. The number of rotatable bonds is 2. The molecule has 1 heterocycles. The molecule has 0 spiro atoms. The average molecular weight is 225 g/mol. The summed E-state index contributed by atoms with van der Waals surface area (Å²) in [5, 5.41) is 3.28. The van der Waals surface area contributed by atoms with Crippen molar-refractivity contribution in [2.75, 3.05) is 12.8 Å². The molecule has 0 aromatic heterocycles. The number of benzene rings is 1. The third-order valence-electron chi connectivity index (χ3n) is 2.65. The first-order valence-electron chi connectivity index (χ1n) is 5.04. The molecule has 0 unspecified atom stereocenters. The van der Waals surface area contributed by atoms with E-state index in [2.05, 4.69) is 11.4 Å². The van der Waals surface area contributed by atoms with E-state index in [1.54, 1.807) is 0 Å². The molecule has 1 N–H and O–H groups in total. The Bertz CT molecular complexity index is 465. The molecule has 1 aromatic rings. The van der Waals surface area contributed by atoms with Crippen LogP contribution in [0.5, 0.6) is 0 Å². The van der Waals surface area contributed by atoms with Crippen LogP contribution in [-0.2, 0) is 28.6 Å². The summed E-state index contributed by atoms with van der Waals surface area (Å²) in [5.41, 5.74) is 3.43. The van der Waals surface area contributed by atoms with Crippen LogP contribution in [0.1, 0.15) is 16.7 Å². The molecule has 15 heavy (non-hydrogen) atoms. The molecule has 4 heteroatoms. The quantitative estimate of drug-likeness (QED) is 0.812. The summed E-state index contributed by atoms with van der Waals surface area (Å²) in [7, 11) is -2.93. The van der Waals surface area contributed by atoms with Gasteiger partial charge in [0.1, 0.15) is 0 Å². The lowest BCUT2D eigenvalue weighted by Gasteiger charge is -2.19. The van der Waals surface area contributed by atoms with Crippen molar-refractivity contribution in [3.8, 4) is 0 Å². The van der Waals surface area contributed by atoms with Crippen molar-refractivity contribution in [3.05, 3.63) is 34.9 Å². The summed E-state index contributed by atoms with van der Waals surface area (Å²) < 4.78 is 22.5. The van der Waals surface area contributed by atoms with Crippen LogP contribution in [0.4, 0.5) is 0 Å². The van der Waals surface area contributed by atoms with Gasteiger partial charge in [0.05, 0.1) is 5.75 Å². The minimum absolute atomic E-state index is 0.163. The maximum absolute atomic E-state index is 11.3. The van der Waals surface area contributed by atoms with E-state index in [1.807, 2.05) is 12.1 Å². The maximum Gasteiger partial charge on any atom is 0.151 e. The Labute approximate surface area is 90.4 Å². The van der Waals surface area contributed by atoms with Gasteiger partial charge in [-0.15, -0.1) is 0 Å². The fraction of sp³-hybridized carbons (Fsp3) is 0.455. The molecule has 0 fully saturated rings. The van der Waals surface area contributed by atoms with E-state index in [0.717, 1.165) is 25.1 Å². The number of hydrogen-bond donors (Lipinski definition) is 1. The highest BCUT2D eigenvalue weighted by molar-refractivity contribution is 7.89. The van der Waals surface area contributed by atoms with Gasteiger partial charge in [-0.2, -0.15) is 0 Å². The van der Waals surface area contributed by atoms with Gasteiger partial charge in [-0.05, 0) is 29.7 Å². The van der Waals surface area contributed by atoms with Gasteiger partial charge in [0.2, 0.25) is 0 Å². The van der Waals surface area contributed by atoms with Crippen LogP contribution in [0.2, 0.25) is 0 Å². The second kappa shape index (κ2) is 3.94. The van der Waals surface area contributed by atoms with Gasteiger partial charge in [-0.3, -0.25) is 0 Å². The fourth-order valence-corrected chi connectivity index (χ4v) is 2.86. The molecule has 3 nitrogen and oxygen atoms in total. The molecule has 1 aromatic carbocycles. The van der Waals surface area contributed by atoms with E-state index in [4.69, 9.17) is 0 Å². The zero-order valence-corrected chi connectivity index (χ0v) is 9.60. The van der Waals surface area contributed by atoms with E-state index >= 15 is 0 Å². The van der Waals surface area contributed by atoms with Crippen molar-refractivity contribution in [2.24, 2.45) is 0 Å². The number of fused-ring (bicyclic) bond motifs is 1. The molecule has 0 atom stereocenters. The van der Waals surface area contributed by atoms with Gasteiger partial charge in [0.25, 0.3) is 0 Å². The van der Waals surface area contributed by atoms with Crippen molar-refractivity contribution < 1.29 is 8.42 Å². The highest BCUT2D eigenvalue weighted by atomic mass is 32.2. The van der Waals surface area contributed by atoms with E-state index in [1.165, 1.54) is 17.4 Å². The van der Waals surface area contributed by atoms with Crippen molar-refractivity contribution in [2.45, 2.75) is 18.7 Å². The lowest BCUT2D eigenvalue weighted by Crippen LogP contribution is -2.25.